The van der Waals surface area contributed by atoms with Gasteiger partial charge in [0.2, 0.25) is 0 Å². The van der Waals surface area contributed by atoms with Crippen LogP contribution in [-0.4, -0.2) is 18.4 Å². The SMILES string of the molecule is O=[N+]([O-])c1ccc(S(=O)(=O)Cc2cc(Cl)ccc2O)cc1. The Morgan fingerprint density at radius 2 is 1.76 bits per heavy atom. The zero-order valence-electron chi connectivity index (χ0n) is 10.6. The van der Waals surface area contributed by atoms with Gasteiger partial charge in [0.15, 0.2) is 9.84 Å². The van der Waals surface area contributed by atoms with Gasteiger partial charge in [0.25, 0.3) is 5.69 Å². The van der Waals surface area contributed by atoms with Crippen LogP contribution < -0.4 is 0 Å². The molecular weight excluding hydrogens is 318 g/mol. The van der Waals surface area contributed by atoms with Gasteiger partial charge in [-0.25, -0.2) is 8.42 Å². The van der Waals surface area contributed by atoms with E-state index in [1.165, 1.54) is 18.2 Å². The van der Waals surface area contributed by atoms with Gasteiger partial charge in [0, 0.05) is 22.7 Å². The molecule has 2 rings (SSSR count). The van der Waals surface area contributed by atoms with Gasteiger partial charge in [0.1, 0.15) is 5.75 Å². The summed E-state index contributed by atoms with van der Waals surface area (Å²) in [5.74, 6) is -0.623. The van der Waals surface area contributed by atoms with E-state index >= 15 is 0 Å². The highest BCUT2D eigenvalue weighted by Gasteiger charge is 2.19. The van der Waals surface area contributed by atoms with Crippen molar-refractivity contribution in [1.29, 1.82) is 0 Å². The van der Waals surface area contributed by atoms with Crippen molar-refractivity contribution in [2.24, 2.45) is 0 Å². The number of halogens is 1. The summed E-state index contributed by atoms with van der Waals surface area (Å²) < 4.78 is 24.4. The summed E-state index contributed by atoms with van der Waals surface area (Å²) in [5, 5.41) is 20.5. The van der Waals surface area contributed by atoms with E-state index in [0.29, 0.717) is 5.02 Å². The van der Waals surface area contributed by atoms with Gasteiger partial charge in [-0.3, -0.25) is 10.1 Å². The lowest BCUT2D eigenvalue weighted by atomic mass is 10.2. The summed E-state index contributed by atoms with van der Waals surface area (Å²) in [6.07, 6.45) is 0. The molecule has 0 radical (unpaired) electrons. The Kier molecular flexibility index (Phi) is 4.15. The van der Waals surface area contributed by atoms with E-state index in [2.05, 4.69) is 0 Å². The van der Waals surface area contributed by atoms with Crippen molar-refractivity contribution in [2.75, 3.05) is 0 Å². The molecule has 0 fully saturated rings. The summed E-state index contributed by atoms with van der Waals surface area (Å²) in [6.45, 7) is 0. The molecule has 2 aromatic rings. The standard InChI is InChI=1S/C13H10ClNO5S/c14-10-1-6-13(16)9(7-10)8-21(19,20)12-4-2-11(3-5-12)15(17)18/h1-7,16H,8H2. The van der Waals surface area contributed by atoms with Crippen molar-refractivity contribution in [2.45, 2.75) is 10.6 Å². The highest BCUT2D eigenvalue weighted by molar-refractivity contribution is 7.90. The molecule has 8 heteroatoms. The molecule has 1 N–H and O–H groups in total. The lowest BCUT2D eigenvalue weighted by Crippen LogP contribution is -2.05. The Morgan fingerprint density at radius 1 is 1.14 bits per heavy atom. The molecule has 0 aliphatic heterocycles. The fourth-order valence-corrected chi connectivity index (χ4v) is 3.29. The maximum absolute atomic E-state index is 12.2. The molecule has 0 aliphatic carbocycles. The summed E-state index contributed by atoms with van der Waals surface area (Å²) in [5.41, 5.74) is -0.0274. The van der Waals surface area contributed by atoms with E-state index in [1.807, 2.05) is 0 Å². The molecule has 0 atom stereocenters. The number of hydrogen-bond donors (Lipinski definition) is 1. The summed E-state index contributed by atoms with van der Waals surface area (Å²) >= 11 is 5.77. The maximum Gasteiger partial charge on any atom is 0.269 e. The first-order valence-electron chi connectivity index (χ1n) is 5.74. The van der Waals surface area contributed by atoms with Gasteiger partial charge in [-0.2, -0.15) is 0 Å². The molecule has 2 aromatic carbocycles. The average molecular weight is 328 g/mol. The van der Waals surface area contributed by atoms with E-state index in [9.17, 15) is 23.6 Å². The number of sulfone groups is 1. The highest BCUT2D eigenvalue weighted by Crippen LogP contribution is 2.26. The van der Waals surface area contributed by atoms with E-state index in [4.69, 9.17) is 11.6 Å². The number of phenolic OH excluding ortho intramolecular Hbond substituents is 1. The number of rotatable bonds is 4. The topological polar surface area (TPSA) is 97.5 Å². The summed E-state index contributed by atoms with van der Waals surface area (Å²) in [7, 11) is -3.74. The highest BCUT2D eigenvalue weighted by atomic mass is 35.5. The van der Waals surface area contributed by atoms with Gasteiger partial charge >= 0.3 is 0 Å². The molecule has 110 valence electrons. The van der Waals surface area contributed by atoms with Crippen molar-refractivity contribution in [1.82, 2.24) is 0 Å². The molecule has 21 heavy (non-hydrogen) atoms. The van der Waals surface area contributed by atoms with E-state index < -0.39 is 20.5 Å². The second kappa shape index (κ2) is 5.71. The first kappa shape index (κ1) is 15.3. The third-order valence-electron chi connectivity index (χ3n) is 2.79. The number of aromatic hydroxyl groups is 1. The average Bonchev–Trinajstić information content (AvgIpc) is 2.43. The Morgan fingerprint density at radius 3 is 2.33 bits per heavy atom. The van der Waals surface area contributed by atoms with E-state index in [0.717, 1.165) is 24.3 Å². The van der Waals surface area contributed by atoms with Crippen LogP contribution in [0.15, 0.2) is 47.4 Å². The quantitative estimate of drug-likeness (QED) is 0.687. The van der Waals surface area contributed by atoms with Crippen LogP contribution >= 0.6 is 11.6 Å². The number of nitrogens with zero attached hydrogens (tertiary/aromatic N) is 1. The van der Waals surface area contributed by atoms with Crippen molar-refractivity contribution in [3.63, 3.8) is 0 Å². The van der Waals surface area contributed by atoms with Crippen LogP contribution in [0.5, 0.6) is 5.75 Å². The van der Waals surface area contributed by atoms with Crippen LogP contribution in [0.2, 0.25) is 5.02 Å². The number of hydrogen-bond acceptors (Lipinski definition) is 5. The van der Waals surface area contributed by atoms with Crippen LogP contribution in [0.1, 0.15) is 5.56 Å². The maximum atomic E-state index is 12.2. The normalized spacial score (nSPS) is 11.3. The molecule has 0 bridgehead atoms. The molecular formula is C13H10ClNO5S. The molecule has 0 amide bonds. The van der Waals surface area contributed by atoms with Crippen molar-refractivity contribution in [3.05, 3.63) is 63.2 Å². The molecule has 0 saturated carbocycles. The molecule has 0 unspecified atom stereocenters. The predicted molar refractivity (Wildman–Crippen MR) is 77.1 cm³/mol. The largest absolute Gasteiger partial charge is 0.508 e. The number of benzene rings is 2. The number of nitro groups is 1. The van der Waals surface area contributed by atoms with Gasteiger partial charge in [-0.15, -0.1) is 0 Å². The molecule has 0 saturated heterocycles. The van der Waals surface area contributed by atoms with Gasteiger partial charge in [-0.05, 0) is 30.3 Å². The molecule has 0 heterocycles. The monoisotopic (exact) mass is 327 g/mol. The lowest BCUT2D eigenvalue weighted by molar-refractivity contribution is -0.384. The third-order valence-corrected chi connectivity index (χ3v) is 4.71. The second-order valence-electron chi connectivity index (χ2n) is 4.28. The van der Waals surface area contributed by atoms with Crippen molar-refractivity contribution in [3.8, 4) is 5.75 Å². The van der Waals surface area contributed by atoms with Crippen LogP contribution in [0.25, 0.3) is 0 Å². The molecule has 0 spiro atoms. The van der Waals surface area contributed by atoms with Gasteiger partial charge in [-0.1, -0.05) is 11.6 Å². The van der Waals surface area contributed by atoms with Crippen LogP contribution in [0.3, 0.4) is 0 Å². The fraction of sp³-hybridized carbons (Fsp3) is 0.0769. The van der Waals surface area contributed by atoms with Crippen LogP contribution in [0, 0.1) is 10.1 Å². The zero-order chi connectivity index (χ0) is 15.6. The Hall–Kier alpha value is -2.12. The Bertz CT molecular complexity index is 787. The smallest absolute Gasteiger partial charge is 0.269 e. The fourth-order valence-electron chi connectivity index (χ4n) is 1.73. The minimum Gasteiger partial charge on any atom is -0.508 e. The molecule has 0 aromatic heterocycles. The summed E-state index contributed by atoms with van der Waals surface area (Å²) in [4.78, 5) is 9.87. The number of nitro benzene ring substituents is 1. The zero-order valence-corrected chi connectivity index (χ0v) is 12.1. The van der Waals surface area contributed by atoms with Crippen molar-refractivity contribution < 1.29 is 18.4 Å². The van der Waals surface area contributed by atoms with Crippen LogP contribution in [-0.2, 0) is 15.6 Å². The summed E-state index contributed by atoms with van der Waals surface area (Å²) in [6, 6.07) is 8.67. The Balaban J connectivity index is 2.34. The molecule has 0 aliphatic rings. The first-order valence-corrected chi connectivity index (χ1v) is 7.77. The van der Waals surface area contributed by atoms with E-state index in [1.54, 1.807) is 0 Å². The minimum absolute atomic E-state index is 0.0625. The Labute approximate surface area is 125 Å². The van der Waals surface area contributed by atoms with E-state index in [-0.39, 0.29) is 21.9 Å². The minimum atomic E-state index is -3.74. The van der Waals surface area contributed by atoms with Crippen molar-refractivity contribution >= 4 is 27.1 Å². The number of non-ortho nitro benzene ring substituents is 1. The van der Waals surface area contributed by atoms with Gasteiger partial charge in [0.05, 0.1) is 15.6 Å². The second-order valence-corrected chi connectivity index (χ2v) is 6.71. The lowest BCUT2D eigenvalue weighted by Gasteiger charge is -2.07. The van der Waals surface area contributed by atoms with Gasteiger partial charge < -0.3 is 5.11 Å². The first-order chi connectivity index (χ1) is 9.79. The third kappa shape index (κ3) is 3.50. The predicted octanol–water partition coefficient (Wildman–Crippen LogP) is 2.93. The van der Waals surface area contributed by atoms with Crippen LogP contribution in [0.4, 0.5) is 5.69 Å². The molecule has 6 nitrogen and oxygen atoms in total. The number of phenols is 1.